The largest absolute Gasteiger partial charge is 0.393 e. The third-order valence-electron chi connectivity index (χ3n) is 2.28. The summed E-state index contributed by atoms with van der Waals surface area (Å²) in [4.78, 5) is 0. The predicted molar refractivity (Wildman–Crippen MR) is 36.2 cm³/mol. The van der Waals surface area contributed by atoms with E-state index in [0.29, 0.717) is 13.0 Å². The maximum atomic E-state index is 12.2. The molecule has 1 fully saturated rings. The molecule has 2 atom stereocenters. The van der Waals surface area contributed by atoms with Crippen LogP contribution in [0, 0.1) is 11.8 Å². The second-order valence-corrected chi connectivity index (χ2v) is 2.97. The van der Waals surface area contributed by atoms with Gasteiger partial charge in [0.25, 0.3) is 0 Å². The SMILES string of the molecule is CC[C@H]1CNC[C@@H]1C(F)(F)F. The van der Waals surface area contributed by atoms with Gasteiger partial charge in [-0.2, -0.15) is 13.2 Å². The summed E-state index contributed by atoms with van der Waals surface area (Å²) in [6.45, 7) is 2.42. The maximum absolute atomic E-state index is 12.2. The standard InChI is InChI=1S/C7H12F3N/c1-2-5-3-11-4-6(5)7(8,9)10/h5-6,11H,2-4H2,1H3/t5-,6-/m0/s1. The number of halogens is 3. The van der Waals surface area contributed by atoms with Gasteiger partial charge in [-0.05, 0) is 12.5 Å². The van der Waals surface area contributed by atoms with Gasteiger partial charge in [0.05, 0.1) is 5.92 Å². The summed E-state index contributed by atoms with van der Waals surface area (Å²) in [6.07, 6.45) is -3.40. The van der Waals surface area contributed by atoms with E-state index < -0.39 is 12.1 Å². The fraction of sp³-hybridized carbons (Fsp3) is 1.00. The van der Waals surface area contributed by atoms with E-state index >= 15 is 0 Å². The average Bonchev–Trinajstić information content (AvgIpc) is 2.31. The summed E-state index contributed by atoms with van der Waals surface area (Å²) in [7, 11) is 0. The smallest absolute Gasteiger partial charge is 0.316 e. The molecule has 0 saturated carbocycles. The molecule has 1 saturated heterocycles. The summed E-state index contributed by atoms with van der Waals surface area (Å²) in [5.41, 5.74) is 0. The lowest BCUT2D eigenvalue weighted by molar-refractivity contribution is -0.179. The van der Waals surface area contributed by atoms with Crippen molar-refractivity contribution in [2.75, 3.05) is 13.1 Å². The number of alkyl halides is 3. The zero-order chi connectivity index (χ0) is 8.48. The Balaban J connectivity index is 2.57. The fourth-order valence-corrected chi connectivity index (χ4v) is 1.55. The van der Waals surface area contributed by atoms with Crippen molar-refractivity contribution in [1.82, 2.24) is 5.32 Å². The van der Waals surface area contributed by atoms with Crippen molar-refractivity contribution in [3.05, 3.63) is 0 Å². The predicted octanol–water partition coefficient (Wildman–Crippen LogP) is 1.79. The van der Waals surface area contributed by atoms with Gasteiger partial charge in [-0.3, -0.25) is 0 Å². The zero-order valence-electron chi connectivity index (χ0n) is 6.41. The second-order valence-electron chi connectivity index (χ2n) is 2.97. The van der Waals surface area contributed by atoms with Crippen molar-refractivity contribution in [1.29, 1.82) is 0 Å². The molecule has 0 radical (unpaired) electrons. The lowest BCUT2D eigenvalue weighted by atomic mass is 9.93. The Bertz CT molecular complexity index is 132. The molecule has 0 aromatic rings. The Labute approximate surface area is 64.0 Å². The van der Waals surface area contributed by atoms with Gasteiger partial charge in [0.2, 0.25) is 0 Å². The molecular weight excluding hydrogens is 155 g/mol. The van der Waals surface area contributed by atoms with Crippen LogP contribution in [0.1, 0.15) is 13.3 Å². The lowest BCUT2D eigenvalue weighted by Gasteiger charge is -2.19. The number of nitrogens with one attached hydrogen (secondary N) is 1. The van der Waals surface area contributed by atoms with Crippen molar-refractivity contribution < 1.29 is 13.2 Å². The van der Waals surface area contributed by atoms with Crippen LogP contribution in [0.5, 0.6) is 0 Å². The minimum atomic E-state index is -4.01. The first-order valence-electron chi connectivity index (χ1n) is 3.83. The quantitative estimate of drug-likeness (QED) is 0.627. The van der Waals surface area contributed by atoms with Crippen molar-refractivity contribution in [3.8, 4) is 0 Å². The van der Waals surface area contributed by atoms with Crippen LogP contribution in [-0.2, 0) is 0 Å². The van der Waals surface area contributed by atoms with Crippen LogP contribution in [0.3, 0.4) is 0 Å². The Morgan fingerprint density at radius 1 is 1.36 bits per heavy atom. The molecule has 0 spiro atoms. The van der Waals surface area contributed by atoms with Crippen LogP contribution < -0.4 is 5.32 Å². The molecule has 0 aliphatic carbocycles. The average molecular weight is 167 g/mol. The lowest BCUT2D eigenvalue weighted by Crippen LogP contribution is -2.29. The first-order valence-corrected chi connectivity index (χ1v) is 3.83. The molecule has 0 aromatic carbocycles. The molecule has 0 amide bonds. The van der Waals surface area contributed by atoms with Gasteiger partial charge in [-0.25, -0.2) is 0 Å². The van der Waals surface area contributed by atoms with E-state index in [0.717, 1.165) is 0 Å². The summed E-state index contributed by atoms with van der Waals surface area (Å²) < 4.78 is 36.5. The molecule has 1 rings (SSSR count). The molecule has 1 N–H and O–H groups in total. The monoisotopic (exact) mass is 167 g/mol. The molecule has 66 valence electrons. The molecule has 1 heterocycles. The highest BCUT2D eigenvalue weighted by Crippen LogP contribution is 2.35. The Kier molecular flexibility index (Phi) is 2.42. The van der Waals surface area contributed by atoms with Crippen LogP contribution in [-0.4, -0.2) is 19.3 Å². The van der Waals surface area contributed by atoms with Crippen molar-refractivity contribution in [2.45, 2.75) is 19.5 Å². The summed E-state index contributed by atoms with van der Waals surface area (Å²) in [5, 5.41) is 2.76. The van der Waals surface area contributed by atoms with Crippen LogP contribution in [0.15, 0.2) is 0 Å². The number of hydrogen-bond acceptors (Lipinski definition) is 1. The topological polar surface area (TPSA) is 12.0 Å². The third-order valence-corrected chi connectivity index (χ3v) is 2.28. The number of hydrogen-bond donors (Lipinski definition) is 1. The molecular formula is C7H12F3N. The van der Waals surface area contributed by atoms with Crippen LogP contribution in [0.4, 0.5) is 13.2 Å². The summed E-state index contributed by atoms with van der Waals surface area (Å²) in [6, 6.07) is 0. The molecule has 0 aromatic heterocycles. The summed E-state index contributed by atoms with van der Waals surface area (Å²) in [5.74, 6) is -1.33. The molecule has 11 heavy (non-hydrogen) atoms. The Hall–Kier alpha value is -0.250. The first kappa shape index (κ1) is 8.84. The minimum Gasteiger partial charge on any atom is -0.316 e. The molecule has 1 aliphatic rings. The first-order chi connectivity index (χ1) is 5.05. The van der Waals surface area contributed by atoms with Gasteiger partial charge in [-0.15, -0.1) is 0 Å². The van der Waals surface area contributed by atoms with Crippen molar-refractivity contribution in [2.24, 2.45) is 11.8 Å². The fourth-order valence-electron chi connectivity index (χ4n) is 1.55. The maximum Gasteiger partial charge on any atom is 0.393 e. The van der Waals surface area contributed by atoms with Crippen LogP contribution in [0.2, 0.25) is 0 Å². The Morgan fingerprint density at radius 2 is 2.00 bits per heavy atom. The van der Waals surface area contributed by atoms with E-state index in [1.165, 1.54) is 0 Å². The van der Waals surface area contributed by atoms with E-state index in [4.69, 9.17) is 0 Å². The van der Waals surface area contributed by atoms with Crippen LogP contribution in [0.25, 0.3) is 0 Å². The van der Waals surface area contributed by atoms with E-state index in [9.17, 15) is 13.2 Å². The molecule has 1 aliphatic heterocycles. The molecule has 0 unspecified atom stereocenters. The highest BCUT2D eigenvalue weighted by atomic mass is 19.4. The van der Waals surface area contributed by atoms with Gasteiger partial charge in [0, 0.05) is 6.54 Å². The van der Waals surface area contributed by atoms with Crippen LogP contribution >= 0.6 is 0 Å². The van der Waals surface area contributed by atoms with E-state index in [-0.39, 0.29) is 12.5 Å². The van der Waals surface area contributed by atoms with Gasteiger partial charge < -0.3 is 5.32 Å². The normalized spacial score (nSPS) is 32.7. The van der Waals surface area contributed by atoms with Gasteiger partial charge in [-0.1, -0.05) is 13.3 Å². The zero-order valence-corrected chi connectivity index (χ0v) is 6.41. The highest BCUT2D eigenvalue weighted by molar-refractivity contribution is 4.84. The number of rotatable bonds is 1. The van der Waals surface area contributed by atoms with E-state index in [2.05, 4.69) is 5.32 Å². The molecule has 4 heteroatoms. The Morgan fingerprint density at radius 3 is 2.36 bits per heavy atom. The third kappa shape index (κ3) is 1.86. The van der Waals surface area contributed by atoms with E-state index in [1.807, 2.05) is 0 Å². The highest BCUT2D eigenvalue weighted by Gasteiger charge is 2.46. The van der Waals surface area contributed by atoms with E-state index in [1.54, 1.807) is 6.92 Å². The van der Waals surface area contributed by atoms with Crippen molar-refractivity contribution in [3.63, 3.8) is 0 Å². The van der Waals surface area contributed by atoms with Crippen molar-refractivity contribution >= 4 is 0 Å². The minimum absolute atomic E-state index is 0.0992. The van der Waals surface area contributed by atoms with Gasteiger partial charge in [0.15, 0.2) is 0 Å². The second kappa shape index (κ2) is 3.01. The molecule has 1 nitrogen and oxygen atoms in total. The van der Waals surface area contributed by atoms with Gasteiger partial charge in [0.1, 0.15) is 0 Å². The molecule has 0 bridgehead atoms. The summed E-state index contributed by atoms with van der Waals surface area (Å²) >= 11 is 0. The van der Waals surface area contributed by atoms with Gasteiger partial charge >= 0.3 is 6.18 Å².